The number of aromatic nitrogens is 2. The van der Waals surface area contributed by atoms with Gasteiger partial charge in [-0.2, -0.15) is 0 Å². The number of hydrogen-bond acceptors (Lipinski definition) is 3. The van der Waals surface area contributed by atoms with Gasteiger partial charge in [0.15, 0.2) is 0 Å². The molecule has 2 N–H and O–H groups in total. The fourth-order valence-corrected chi connectivity index (χ4v) is 3.23. The highest BCUT2D eigenvalue weighted by molar-refractivity contribution is 5.13. The average Bonchev–Trinajstić information content (AvgIpc) is 2.40. The maximum atomic E-state index is 5.63. The van der Waals surface area contributed by atoms with E-state index in [2.05, 4.69) is 24.9 Å². The van der Waals surface area contributed by atoms with E-state index in [4.69, 9.17) is 10.7 Å². The molecule has 0 unspecified atom stereocenters. The van der Waals surface area contributed by atoms with E-state index >= 15 is 0 Å². The normalized spacial score (nSPS) is 23.5. The van der Waals surface area contributed by atoms with Gasteiger partial charge in [0.2, 0.25) is 0 Å². The minimum Gasteiger partial charge on any atom is -0.330 e. The van der Waals surface area contributed by atoms with Crippen molar-refractivity contribution in [3.8, 4) is 0 Å². The fourth-order valence-electron chi connectivity index (χ4n) is 3.23. The first-order chi connectivity index (χ1) is 9.22. The molecule has 0 bridgehead atoms. The molecule has 1 heterocycles. The van der Waals surface area contributed by atoms with Crippen molar-refractivity contribution in [2.75, 3.05) is 6.54 Å². The maximum Gasteiger partial charge on any atom is 0.131 e. The van der Waals surface area contributed by atoms with Gasteiger partial charge >= 0.3 is 0 Å². The Morgan fingerprint density at radius 2 is 1.95 bits per heavy atom. The van der Waals surface area contributed by atoms with E-state index in [-0.39, 0.29) is 0 Å². The summed E-state index contributed by atoms with van der Waals surface area (Å²) in [5, 5.41) is 0. The van der Waals surface area contributed by atoms with Gasteiger partial charge in [-0.25, -0.2) is 9.97 Å². The summed E-state index contributed by atoms with van der Waals surface area (Å²) in [5.74, 6) is 2.58. The van der Waals surface area contributed by atoms with Crippen LogP contribution in [0.3, 0.4) is 0 Å². The van der Waals surface area contributed by atoms with Crippen LogP contribution in [0, 0.1) is 12.8 Å². The molecule has 0 spiro atoms. The molecule has 0 saturated heterocycles. The van der Waals surface area contributed by atoms with Crippen molar-refractivity contribution in [2.24, 2.45) is 11.7 Å². The van der Waals surface area contributed by atoms with Gasteiger partial charge in [0.25, 0.3) is 0 Å². The van der Waals surface area contributed by atoms with E-state index in [1.807, 2.05) is 0 Å². The fraction of sp³-hybridized carbons (Fsp3) is 0.750. The summed E-state index contributed by atoms with van der Waals surface area (Å²) in [6.45, 7) is 5.02. The molecule has 106 valence electrons. The largest absolute Gasteiger partial charge is 0.330 e. The Hall–Kier alpha value is -0.960. The molecule has 1 aliphatic carbocycles. The predicted molar refractivity (Wildman–Crippen MR) is 79.1 cm³/mol. The minimum atomic E-state index is 0.574. The molecule has 1 fully saturated rings. The van der Waals surface area contributed by atoms with Gasteiger partial charge in [-0.1, -0.05) is 19.8 Å². The topological polar surface area (TPSA) is 51.8 Å². The predicted octanol–water partition coefficient (Wildman–Crippen LogP) is 3.36. The van der Waals surface area contributed by atoms with Crippen LogP contribution in [-0.2, 0) is 6.42 Å². The van der Waals surface area contributed by atoms with E-state index in [1.165, 1.54) is 38.5 Å². The van der Waals surface area contributed by atoms with Crippen LogP contribution >= 0.6 is 0 Å². The molecule has 3 heteroatoms. The molecule has 1 aromatic heterocycles. The van der Waals surface area contributed by atoms with Crippen molar-refractivity contribution in [1.29, 1.82) is 0 Å². The molecule has 3 nitrogen and oxygen atoms in total. The van der Waals surface area contributed by atoms with Crippen LogP contribution in [0.15, 0.2) is 6.07 Å². The monoisotopic (exact) mass is 261 g/mol. The van der Waals surface area contributed by atoms with Gasteiger partial charge in [0, 0.05) is 23.7 Å². The first kappa shape index (κ1) is 14.4. The summed E-state index contributed by atoms with van der Waals surface area (Å²) in [6, 6.07) is 2.07. The Kier molecular flexibility index (Phi) is 5.32. The quantitative estimate of drug-likeness (QED) is 0.884. The van der Waals surface area contributed by atoms with Crippen LogP contribution in [0.1, 0.15) is 68.6 Å². The second-order valence-electron chi connectivity index (χ2n) is 5.90. The zero-order valence-electron chi connectivity index (χ0n) is 12.4. The number of hydrogen-bond donors (Lipinski definition) is 1. The van der Waals surface area contributed by atoms with Crippen molar-refractivity contribution < 1.29 is 0 Å². The lowest BCUT2D eigenvalue weighted by atomic mass is 9.79. The molecule has 0 aliphatic heterocycles. The summed E-state index contributed by atoms with van der Waals surface area (Å²) in [6.07, 6.45) is 8.79. The molecule has 19 heavy (non-hydrogen) atoms. The first-order valence-electron chi connectivity index (χ1n) is 7.77. The number of nitrogens with two attached hydrogens (primary N) is 1. The molecule has 0 aromatic carbocycles. The lowest BCUT2D eigenvalue weighted by molar-refractivity contribution is 0.302. The highest BCUT2D eigenvalue weighted by atomic mass is 14.9. The van der Waals surface area contributed by atoms with Crippen LogP contribution in [0.4, 0.5) is 0 Å². The van der Waals surface area contributed by atoms with Gasteiger partial charge in [0.05, 0.1) is 0 Å². The second-order valence-corrected chi connectivity index (χ2v) is 5.90. The van der Waals surface area contributed by atoms with Gasteiger partial charge in [0.1, 0.15) is 5.82 Å². The van der Waals surface area contributed by atoms with Gasteiger partial charge < -0.3 is 5.73 Å². The van der Waals surface area contributed by atoms with Gasteiger partial charge in [-0.05, 0) is 51.1 Å². The van der Waals surface area contributed by atoms with Crippen molar-refractivity contribution in [3.63, 3.8) is 0 Å². The molecular weight excluding hydrogens is 234 g/mol. The molecular formula is C16H27N3. The van der Waals surface area contributed by atoms with E-state index in [9.17, 15) is 0 Å². The standard InChI is InChI=1S/C16H27N3/c1-3-4-13-5-7-14(8-6-13)16-18-12(2)11-15(19-16)9-10-17/h11,13-14H,3-10,17H2,1-2H3. The Morgan fingerprint density at radius 3 is 2.58 bits per heavy atom. The smallest absolute Gasteiger partial charge is 0.131 e. The minimum absolute atomic E-state index is 0.574. The number of nitrogens with zero attached hydrogens (tertiary/aromatic N) is 2. The van der Waals surface area contributed by atoms with Crippen molar-refractivity contribution >= 4 is 0 Å². The average molecular weight is 261 g/mol. The number of rotatable bonds is 5. The molecule has 0 atom stereocenters. The number of aryl methyl sites for hydroxylation is 1. The van der Waals surface area contributed by atoms with Crippen LogP contribution in [0.25, 0.3) is 0 Å². The molecule has 0 amide bonds. The van der Waals surface area contributed by atoms with Crippen LogP contribution in [0.5, 0.6) is 0 Å². The second kappa shape index (κ2) is 6.99. The van der Waals surface area contributed by atoms with E-state index in [0.29, 0.717) is 12.5 Å². The summed E-state index contributed by atoms with van der Waals surface area (Å²) in [5.41, 5.74) is 7.83. The van der Waals surface area contributed by atoms with Gasteiger partial charge in [-0.3, -0.25) is 0 Å². The zero-order chi connectivity index (χ0) is 13.7. The summed E-state index contributed by atoms with van der Waals surface area (Å²) >= 11 is 0. The highest BCUT2D eigenvalue weighted by Gasteiger charge is 2.24. The third kappa shape index (κ3) is 4.00. The van der Waals surface area contributed by atoms with E-state index < -0.39 is 0 Å². The summed E-state index contributed by atoms with van der Waals surface area (Å²) in [7, 11) is 0. The third-order valence-corrected chi connectivity index (χ3v) is 4.23. The highest BCUT2D eigenvalue weighted by Crippen LogP contribution is 2.36. The SMILES string of the molecule is CCCC1CCC(c2nc(C)cc(CCN)n2)CC1. The molecule has 0 radical (unpaired) electrons. The van der Waals surface area contributed by atoms with Crippen molar-refractivity contribution in [2.45, 2.75) is 64.7 Å². The Bertz CT molecular complexity index is 395. The van der Waals surface area contributed by atoms with E-state index in [1.54, 1.807) is 0 Å². The molecule has 1 aliphatic rings. The van der Waals surface area contributed by atoms with Crippen LogP contribution in [0.2, 0.25) is 0 Å². The van der Waals surface area contributed by atoms with Crippen LogP contribution in [-0.4, -0.2) is 16.5 Å². The first-order valence-corrected chi connectivity index (χ1v) is 7.77. The molecule has 2 rings (SSSR count). The lowest BCUT2D eigenvalue weighted by Gasteiger charge is -2.27. The Balaban J connectivity index is 2.02. The van der Waals surface area contributed by atoms with Crippen LogP contribution < -0.4 is 5.73 Å². The van der Waals surface area contributed by atoms with E-state index in [0.717, 1.165) is 29.6 Å². The van der Waals surface area contributed by atoms with Gasteiger partial charge in [-0.15, -0.1) is 0 Å². The maximum absolute atomic E-state index is 5.63. The Labute approximate surface area is 117 Å². The summed E-state index contributed by atoms with van der Waals surface area (Å²) in [4.78, 5) is 9.39. The Morgan fingerprint density at radius 1 is 1.21 bits per heavy atom. The lowest BCUT2D eigenvalue weighted by Crippen LogP contribution is -2.17. The third-order valence-electron chi connectivity index (χ3n) is 4.23. The van der Waals surface area contributed by atoms with Crippen molar-refractivity contribution in [1.82, 2.24) is 9.97 Å². The molecule has 1 aromatic rings. The van der Waals surface area contributed by atoms with Crippen molar-refractivity contribution in [3.05, 3.63) is 23.3 Å². The zero-order valence-corrected chi connectivity index (χ0v) is 12.4. The summed E-state index contributed by atoms with van der Waals surface area (Å²) < 4.78 is 0. The molecule has 1 saturated carbocycles.